The number of carbonyl (C=O) groups is 1. The molecule has 9 heteroatoms. The van der Waals surface area contributed by atoms with E-state index in [1.165, 1.54) is 21.4 Å². The zero-order valence-electron chi connectivity index (χ0n) is 10.6. The third-order valence-electron chi connectivity index (χ3n) is 2.88. The van der Waals surface area contributed by atoms with Crippen molar-refractivity contribution < 1.29 is 23.1 Å². The van der Waals surface area contributed by atoms with E-state index in [2.05, 4.69) is 5.10 Å². The molecule has 0 atom stereocenters. The second-order valence-electron chi connectivity index (χ2n) is 4.76. The normalized spacial score (nSPS) is 19.1. The van der Waals surface area contributed by atoms with Crippen LogP contribution in [0.1, 0.15) is 6.92 Å². The highest BCUT2D eigenvalue weighted by molar-refractivity contribution is 7.89. The number of nitrogens with zero attached hydrogens (tertiary/aromatic N) is 3. The lowest BCUT2D eigenvalue weighted by atomic mass is 10.0. The third-order valence-corrected chi connectivity index (χ3v) is 4.63. The molecule has 0 unspecified atom stereocenters. The molecule has 0 aliphatic carbocycles. The van der Waals surface area contributed by atoms with Crippen molar-refractivity contribution in [2.75, 3.05) is 19.7 Å². The number of rotatable bonds is 5. The minimum Gasteiger partial charge on any atom is -0.480 e. The minimum atomic E-state index is -3.57. The van der Waals surface area contributed by atoms with E-state index in [9.17, 15) is 13.2 Å². The molecule has 0 aromatic carbocycles. The topological polar surface area (TPSA) is 102 Å². The van der Waals surface area contributed by atoms with Gasteiger partial charge in [-0.3, -0.25) is 4.68 Å². The summed E-state index contributed by atoms with van der Waals surface area (Å²) in [5.41, 5.74) is -0.742. The van der Waals surface area contributed by atoms with Crippen LogP contribution in [0.25, 0.3) is 0 Å². The van der Waals surface area contributed by atoms with Gasteiger partial charge in [0.1, 0.15) is 11.5 Å². The average Bonchev–Trinajstić information content (AvgIpc) is 2.70. The number of carboxylic acids is 1. The zero-order valence-corrected chi connectivity index (χ0v) is 11.4. The molecule has 1 fully saturated rings. The maximum Gasteiger partial charge on any atom is 0.329 e. The second kappa shape index (κ2) is 4.58. The van der Waals surface area contributed by atoms with Crippen LogP contribution >= 0.6 is 0 Å². The Hall–Kier alpha value is -1.45. The van der Waals surface area contributed by atoms with Crippen LogP contribution in [-0.4, -0.2) is 58.9 Å². The summed E-state index contributed by atoms with van der Waals surface area (Å²) in [6.45, 7) is 1.53. The summed E-state index contributed by atoms with van der Waals surface area (Å²) in [5, 5.41) is 12.4. The van der Waals surface area contributed by atoms with E-state index in [1.807, 2.05) is 0 Å². The van der Waals surface area contributed by atoms with Crippen molar-refractivity contribution in [1.29, 1.82) is 0 Å². The number of sulfonamides is 1. The smallest absolute Gasteiger partial charge is 0.329 e. The van der Waals surface area contributed by atoms with Gasteiger partial charge >= 0.3 is 5.97 Å². The highest BCUT2D eigenvalue weighted by atomic mass is 32.2. The van der Waals surface area contributed by atoms with Crippen molar-refractivity contribution in [1.82, 2.24) is 14.1 Å². The summed E-state index contributed by atoms with van der Waals surface area (Å²) in [4.78, 5) is 10.5. The SMILES string of the molecule is Cn1cc(S(=O)(=O)N2CC(C)(OCC(=O)O)C2)cn1. The van der Waals surface area contributed by atoms with Gasteiger partial charge in [0.15, 0.2) is 0 Å². The first-order chi connectivity index (χ1) is 8.73. The van der Waals surface area contributed by atoms with E-state index in [1.54, 1.807) is 14.0 Å². The highest BCUT2D eigenvalue weighted by Crippen LogP contribution is 2.30. The van der Waals surface area contributed by atoms with Crippen LogP contribution in [-0.2, 0) is 26.6 Å². The molecule has 0 saturated carbocycles. The molecule has 0 bridgehead atoms. The Morgan fingerprint density at radius 3 is 2.68 bits per heavy atom. The number of aromatic nitrogens is 2. The molecule has 2 rings (SSSR count). The van der Waals surface area contributed by atoms with Crippen LogP contribution in [0.5, 0.6) is 0 Å². The van der Waals surface area contributed by atoms with Crippen molar-refractivity contribution in [3.63, 3.8) is 0 Å². The first-order valence-corrected chi connectivity index (χ1v) is 7.01. The minimum absolute atomic E-state index is 0.121. The quantitative estimate of drug-likeness (QED) is 0.768. The second-order valence-corrected chi connectivity index (χ2v) is 6.69. The van der Waals surface area contributed by atoms with E-state index in [0.717, 1.165) is 0 Å². The van der Waals surface area contributed by atoms with E-state index in [4.69, 9.17) is 9.84 Å². The molecule has 2 heterocycles. The zero-order chi connectivity index (χ0) is 14.3. The predicted octanol–water partition coefficient (Wildman–Crippen LogP) is -0.716. The van der Waals surface area contributed by atoms with Crippen LogP contribution in [0.4, 0.5) is 0 Å². The van der Waals surface area contributed by atoms with Gasteiger partial charge in [-0.1, -0.05) is 0 Å². The van der Waals surface area contributed by atoms with Gasteiger partial charge in [0, 0.05) is 26.3 Å². The van der Waals surface area contributed by atoms with Crippen molar-refractivity contribution in [3.8, 4) is 0 Å². The molecular weight excluding hydrogens is 274 g/mol. The van der Waals surface area contributed by atoms with Crippen LogP contribution in [0.2, 0.25) is 0 Å². The van der Waals surface area contributed by atoms with Gasteiger partial charge in [-0.05, 0) is 6.92 Å². The summed E-state index contributed by atoms with van der Waals surface area (Å²) in [6.07, 6.45) is 2.70. The molecule has 8 nitrogen and oxygen atoms in total. The Labute approximate surface area is 110 Å². The van der Waals surface area contributed by atoms with Crippen LogP contribution in [0.15, 0.2) is 17.3 Å². The first kappa shape index (κ1) is 14.0. The van der Waals surface area contributed by atoms with Gasteiger partial charge in [0.25, 0.3) is 0 Å². The molecule has 1 aliphatic heterocycles. The molecule has 0 spiro atoms. The lowest BCUT2D eigenvalue weighted by molar-refractivity contribution is -0.157. The first-order valence-electron chi connectivity index (χ1n) is 5.57. The molecule has 0 radical (unpaired) electrons. The highest BCUT2D eigenvalue weighted by Gasteiger charge is 2.46. The Bertz CT molecular complexity index is 588. The number of hydrogen-bond acceptors (Lipinski definition) is 5. The van der Waals surface area contributed by atoms with E-state index >= 15 is 0 Å². The molecule has 19 heavy (non-hydrogen) atoms. The number of ether oxygens (including phenoxy) is 1. The molecule has 1 N–H and O–H groups in total. The molecule has 0 amide bonds. The molecule has 1 aromatic rings. The van der Waals surface area contributed by atoms with Crippen LogP contribution < -0.4 is 0 Å². The van der Waals surface area contributed by atoms with Gasteiger partial charge < -0.3 is 9.84 Å². The van der Waals surface area contributed by atoms with Crippen molar-refractivity contribution in [2.24, 2.45) is 7.05 Å². The van der Waals surface area contributed by atoms with E-state index in [0.29, 0.717) is 0 Å². The average molecular weight is 289 g/mol. The van der Waals surface area contributed by atoms with Gasteiger partial charge in [0.05, 0.1) is 11.8 Å². The molecular formula is C10H15N3O5S. The number of aryl methyl sites for hydroxylation is 1. The largest absolute Gasteiger partial charge is 0.480 e. The third kappa shape index (κ3) is 2.77. The monoisotopic (exact) mass is 289 g/mol. The van der Waals surface area contributed by atoms with Gasteiger partial charge in [-0.15, -0.1) is 0 Å². The summed E-state index contributed by atoms with van der Waals surface area (Å²) in [6, 6.07) is 0. The maximum atomic E-state index is 12.2. The fourth-order valence-electron chi connectivity index (χ4n) is 1.88. The summed E-state index contributed by atoms with van der Waals surface area (Å²) >= 11 is 0. The molecule has 1 aromatic heterocycles. The van der Waals surface area contributed by atoms with Crippen molar-refractivity contribution >= 4 is 16.0 Å². The van der Waals surface area contributed by atoms with E-state index < -0.39 is 28.2 Å². The van der Waals surface area contributed by atoms with Gasteiger partial charge in [0.2, 0.25) is 10.0 Å². The molecule has 1 saturated heterocycles. The summed E-state index contributed by atoms with van der Waals surface area (Å²) in [5.74, 6) is -1.07. The Kier molecular flexibility index (Phi) is 3.37. The maximum absolute atomic E-state index is 12.2. The Morgan fingerprint density at radius 1 is 1.58 bits per heavy atom. The predicted molar refractivity (Wildman–Crippen MR) is 64.0 cm³/mol. The fourth-order valence-corrected chi connectivity index (χ4v) is 3.53. The van der Waals surface area contributed by atoms with E-state index in [-0.39, 0.29) is 18.0 Å². The van der Waals surface area contributed by atoms with Gasteiger partial charge in [-0.25, -0.2) is 13.2 Å². The van der Waals surface area contributed by atoms with Gasteiger partial charge in [-0.2, -0.15) is 9.40 Å². The number of aliphatic carboxylic acids is 1. The van der Waals surface area contributed by atoms with Crippen molar-refractivity contribution in [3.05, 3.63) is 12.4 Å². The summed E-state index contributed by atoms with van der Waals surface area (Å²) < 4.78 is 32.1. The summed E-state index contributed by atoms with van der Waals surface area (Å²) in [7, 11) is -1.93. The lowest BCUT2D eigenvalue weighted by Gasteiger charge is -2.45. The molecule has 106 valence electrons. The lowest BCUT2D eigenvalue weighted by Crippen LogP contribution is -2.63. The van der Waals surface area contributed by atoms with Crippen LogP contribution in [0, 0.1) is 0 Å². The molecule has 1 aliphatic rings. The Morgan fingerprint density at radius 2 is 2.21 bits per heavy atom. The Balaban J connectivity index is 2.01. The number of hydrogen-bond donors (Lipinski definition) is 1. The van der Waals surface area contributed by atoms with Crippen molar-refractivity contribution in [2.45, 2.75) is 17.4 Å². The fraction of sp³-hybridized carbons (Fsp3) is 0.600. The number of carboxylic acid groups (broad SMARTS) is 1. The van der Waals surface area contributed by atoms with Crippen LogP contribution in [0.3, 0.4) is 0 Å². The standard InChI is InChI=1S/C10H15N3O5S/c1-10(18-5-9(14)15)6-13(7-10)19(16,17)8-3-11-12(2)4-8/h3-4H,5-7H2,1-2H3,(H,14,15).